The third-order valence-corrected chi connectivity index (χ3v) is 3.64. The summed E-state index contributed by atoms with van der Waals surface area (Å²) in [5.74, 6) is 2.66. The van der Waals surface area contributed by atoms with E-state index < -0.39 is 0 Å². The van der Waals surface area contributed by atoms with Crippen molar-refractivity contribution in [3.63, 3.8) is 0 Å². The molecule has 0 bridgehead atoms. The quantitative estimate of drug-likeness (QED) is 0.750. The fourth-order valence-corrected chi connectivity index (χ4v) is 2.51. The fourth-order valence-electron chi connectivity index (χ4n) is 2.51. The Labute approximate surface area is 101 Å². The van der Waals surface area contributed by atoms with Crippen LogP contribution in [0.25, 0.3) is 0 Å². The first kappa shape index (κ1) is 10.7. The fraction of sp³-hybridized carbons (Fsp3) is 0.429. The molecule has 1 spiro atoms. The molecule has 1 fully saturated rings. The van der Waals surface area contributed by atoms with Gasteiger partial charge in [-0.3, -0.25) is 0 Å². The summed E-state index contributed by atoms with van der Waals surface area (Å²) < 4.78 is 16.4. The molecule has 1 aromatic carbocycles. The van der Waals surface area contributed by atoms with E-state index in [0.29, 0.717) is 0 Å². The van der Waals surface area contributed by atoms with Crippen molar-refractivity contribution in [1.82, 2.24) is 0 Å². The lowest BCUT2D eigenvalue weighted by Gasteiger charge is -2.13. The van der Waals surface area contributed by atoms with E-state index in [1.165, 1.54) is 5.56 Å². The van der Waals surface area contributed by atoms with Crippen molar-refractivity contribution >= 4 is 0 Å². The first-order valence-corrected chi connectivity index (χ1v) is 5.82. The molecule has 0 N–H and O–H groups in total. The van der Waals surface area contributed by atoms with Gasteiger partial charge in [-0.1, -0.05) is 12.6 Å². The topological polar surface area (TPSA) is 27.7 Å². The van der Waals surface area contributed by atoms with Crippen LogP contribution in [0.3, 0.4) is 0 Å². The van der Waals surface area contributed by atoms with Crippen LogP contribution in [0.15, 0.2) is 24.5 Å². The van der Waals surface area contributed by atoms with Gasteiger partial charge in [-0.25, -0.2) is 0 Å². The van der Waals surface area contributed by atoms with Gasteiger partial charge in [-0.15, -0.1) is 0 Å². The van der Waals surface area contributed by atoms with Gasteiger partial charge in [-0.2, -0.15) is 0 Å². The minimum atomic E-state index is 0.0183. The standard InChI is InChI=1S/C14H16O3/c1-9-4-5-11(16-8-15-3)12-13(9)17-10(2)14(12)6-7-14/h4-5H,2,6-8H2,1,3H3. The van der Waals surface area contributed by atoms with Crippen LogP contribution in [0, 0.1) is 6.92 Å². The van der Waals surface area contributed by atoms with Crippen LogP contribution < -0.4 is 9.47 Å². The van der Waals surface area contributed by atoms with Gasteiger partial charge < -0.3 is 14.2 Å². The molecule has 0 aromatic heterocycles. The summed E-state index contributed by atoms with van der Waals surface area (Å²) in [6, 6.07) is 4.01. The van der Waals surface area contributed by atoms with E-state index in [4.69, 9.17) is 14.2 Å². The lowest BCUT2D eigenvalue weighted by Crippen LogP contribution is -2.08. The zero-order valence-electron chi connectivity index (χ0n) is 10.2. The normalized spacial score (nSPS) is 19.1. The highest BCUT2D eigenvalue weighted by Gasteiger charge is 2.56. The van der Waals surface area contributed by atoms with E-state index in [-0.39, 0.29) is 12.2 Å². The van der Waals surface area contributed by atoms with Crippen LogP contribution in [0.1, 0.15) is 24.0 Å². The summed E-state index contributed by atoms with van der Waals surface area (Å²) in [4.78, 5) is 0. The molecule has 17 heavy (non-hydrogen) atoms. The van der Waals surface area contributed by atoms with Crippen molar-refractivity contribution in [3.05, 3.63) is 35.6 Å². The Bertz CT molecular complexity index is 486. The number of hydrogen-bond acceptors (Lipinski definition) is 3. The lowest BCUT2D eigenvalue weighted by molar-refractivity contribution is 0.0503. The highest BCUT2D eigenvalue weighted by molar-refractivity contribution is 5.63. The van der Waals surface area contributed by atoms with Crippen molar-refractivity contribution in [2.24, 2.45) is 0 Å². The molecule has 1 saturated carbocycles. The summed E-state index contributed by atoms with van der Waals surface area (Å²) >= 11 is 0. The molecule has 0 amide bonds. The number of allylic oxidation sites excluding steroid dienone is 1. The summed E-state index contributed by atoms with van der Waals surface area (Å²) in [5, 5.41) is 0. The van der Waals surface area contributed by atoms with E-state index >= 15 is 0 Å². The van der Waals surface area contributed by atoms with Gasteiger partial charge in [0.05, 0.1) is 11.0 Å². The summed E-state index contributed by atoms with van der Waals surface area (Å²) in [6.45, 7) is 6.35. The summed E-state index contributed by atoms with van der Waals surface area (Å²) in [5.41, 5.74) is 2.32. The predicted octanol–water partition coefficient (Wildman–Crippen LogP) is 2.92. The predicted molar refractivity (Wildman–Crippen MR) is 64.4 cm³/mol. The second kappa shape index (κ2) is 3.50. The van der Waals surface area contributed by atoms with Crippen molar-refractivity contribution in [2.45, 2.75) is 25.2 Å². The number of rotatable bonds is 3. The maximum atomic E-state index is 5.82. The Morgan fingerprint density at radius 3 is 2.82 bits per heavy atom. The van der Waals surface area contributed by atoms with Crippen LogP contribution in [-0.4, -0.2) is 13.9 Å². The zero-order valence-corrected chi connectivity index (χ0v) is 10.2. The molecular formula is C14H16O3. The van der Waals surface area contributed by atoms with Gasteiger partial charge >= 0.3 is 0 Å². The van der Waals surface area contributed by atoms with E-state index in [2.05, 4.69) is 6.58 Å². The molecule has 0 atom stereocenters. The molecule has 0 saturated heterocycles. The highest BCUT2D eigenvalue weighted by atomic mass is 16.7. The second-order valence-corrected chi connectivity index (χ2v) is 4.74. The Morgan fingerprint density at radius 2 is 2.18 bits per heavy atom. The van der Waals surface area contributed by atoms with Crippen LogP contribution >= 0.6 is 0 Å². The smallest absolute Gasteiger partial charge is 0.188 e. The van der Waals surface area contributed by atoms with E-state index in [1.54, 1.807) is 7.11 Å². The van der Waals surface area contributed by atoms with E-state index in [0.717, 1.165) is 35.7 Å². The SMILES string of the molecule is C=C1Oc2c(C)ccc(OCOC)c2C12CC2. The third-order valence-electron chi connectivity index (χ3n) is 3.64. The number of ether oxygens (including phenoxy) is 3. The Morgan fingerprint density at radius 1 is 1.41 bits per heavy atom. The van der Waals surface area contributed by atoms with Crippen molar-refractivity contribution in [2.75, 3.05) is 13.9 Å². The van der Waals surface area contributed by atoms with Gasteiger partial charge in [0.25, 0.3) is 0 Å². The van der Waals surface area contributed by atoms with E-state index in [1.807, 2.05) is 19.1 Å². The third kappa shape index (κ3) is 1.39. The van der Waals surface area contributed by atoms with Crippen LogP contribution in [0.5, 0.6) is 11.5 Å². The lowest BCUT2D eigenvalue weighted by atomic mass is 9.94. The Kier molecular flexibility index (Phi) is 2.20. The molecule has 90 valence electrons. The molecule has 3 nitrogen and oxygen atoms in total. The number of benzene rings is 1. The first-order valence-electron chi connectivity index (χ1n) is 5.82. The molecule has 1 aromatic rings. The second-order valence-electron chi connectivity index (χ2n) is 4.74. The highest BCUT2D eigenvalue weighted by Crippen LogP contribution is 2.63. The maximum absolute atomic E-state index is 5.82. The van der Waals surface area contributed by atoms with Crippen LogP contribution in [0.4, 0.5) is 0 Å². The van der Waals surface area contributed by atoms with Gasteiger partial charge in [0.1, 0.15) is 17.3 Å². The minimum Gasteiger partial charge on any atom is -0.467 e. The number of hydrogen-bond donors (Lipinski definition) is 0. The van der Waals surface area contributed by atoms with Crippen molar-refractivity contribution in [3.8, 4) is 11.5 Å². The average Bonchev–Trinajstić information content (AvgIpc) is 3.05. The summed E-state index contributed by atoms with van der Waals surface area (Å²) in [6.07, 6.45) is 2.21. The van der Waals surface area contributed by atoms with Gasteiger partial charge in [0.2, 0.25) is 0 Å². The molecule has 1 aliphatic heterocycles. The first-order chi connectivity index (χ1) is 8.19. The molecule has 1 aliphatic carbocycles. The molecule has 3 heteroatoms. The monoisotopic (exact) mass is 232 g/mol. The molecule has 0 radical (unpaired) electrons. The number of aryl methyl sites for hydroxylation is 1. The Balaban J connectivity index is 2.09. The minimum absolute atomic E-state index is 0.0183. The van der Waals surface area contributed by atoms with Crippen molar-refractivity contribution in [1.29, 1.82) is 0 Å². The van der Waals surface area contributed by atoms with Gasteiger partial charge in [-0.05, 0) is 31.4 Å². The van der Waals surface area contributed by atoms with Gasteiger partial charge in [0.15, 0.2) is 6.79 Å². The molecular weight excluding hydrogens is 216 g/mol. The van der Waals surface area contributed by atoms with Crippen LogP contribution in [0.2, 0.25) is 0 Å². The largest absolute Gasteiger partial charge is 0.467 e. The maximum Gasteiger partial charge on any atom is 0.188 e. The molecule has 3 rings (SSSR count). The molecule has 2 aliphatic rings. The van der Waals surface area contributed by atoms with Crippen molar-refractivity contribution < 1.29 is 14.2 Å². The van der Waals surface area contributed by atoms with Crippen LogP contribution in [-0.2, 0) is 10.2 Å². The van der Waals surface area contributed by atoms with Gasteiger partial charge in [0, 0.05) is 7.11 Å². The zero-order chi connectivity index (χ0) is 12.0. The van der Waals surface area contributed by atoms with E-state index in [9.17, 15) is 0 Å². The summed E-state index contributed by atoms with van der Waals surface area (Å²) in [7, 11) is 1.62. The number of methoxy groups -OCH3 is 1. The average molecular weight is 232 g/mol. The molecule has 0 unspecified atom stereocenters. The Hall–Kier alpha value is -1.48. The number of fused-ring (bicyclic) bond motifs is 2. The molecule has 1 heterocycles.